The van der Waals surface area contributed by atoms with E-state index in [1.54, 1.807) is 12.1 Å². The van der Waals surface area contributed by atoms with Gasteiger partial charge in [0.25, 0.3) is 5.91 Å². The third-order valence-corrected chi connectivity index (χ3v) is 6.07. The number of nitrogens with one attached hydrogen (secondary N) is 2. The largest absolute Gasteiger partial charge is 0.452 e. The molecule has 2 N–H and O–H groups in total. The first-order valence-electron chi connectivity index (χ1n) is 10.8. The minimum atomic E-state index is -0.606. The molecule has 0 radical (unpaired) electrons. The second kappa shape index (κ2) is 8.79. The lowest BCUT2D eigenvalue weighted by Gasteiger charge is -2.33. The number of ether oxygens (including phenoxy) is 1. The molecule has 162 valence electrons. The van der Waals surface area contributed by atoms with Crippen LogP contribution in [-0.4, -0.2) is 37.0 Å². The van der Waals surface area contributed by atoms with Gasteiger partial charge in [0.2, 0.25) is 5.91 Å². The van der Waals surface area contributed by atoms with Crippen LogP contribution in [0.3, 0.4) is 0 Å². The van der Waals surface area contributed by atoms with E-state index >= 15 is 0 Å². The molecule has 2 atom stereocenters. The number of anilines is 3. The van der Waals surface area contributed by atoms with Crippen LogP contribution in [0.2, 0.25) is 0 Å². The fourth-order valence-electron chi connectivity index (χ4n) is 4.22. The lowest BCUT2D eigenvalue weighted by molar-refractivity contribution is -0.119. The number of carbonyl (C=O) groups is 3. The summed E-state index contributed by atoms with van der Waals surface area (Å²) in [5.74, 6) is -0.740. The van der Waals surface area contributed by atoms with Gasteiger partial charge in [-0.05, 0) is 55.0 Å². The maximum Gasteiger partial charge on any atom is 0.338 e. The molecule has 2 aromatic rings. The normalized spacial score (nSPS) is 17.9. The highest BCUT2D eigenvalue weighted by atomic mass is 16.5. The van der Waals surface area contributed by atoms with Gasteiger partial charge in [-0.1, -0.05) is 32.0 Å². The molecular formula is C24H27N3O4. The first kappa shape index (κ1) is 20.9. The van der Waals surface area contributed by atoms with E-state index in [2.05, 4.69) is 29.4 Å². The minimum Gasteiger partial charge on any atom is -0.452 e. The van der Waals surface area contributed by atoms with Crippen LogP contribution in [0.15, 0.2) is 42.5 Å². The van der Waals surface area contributed by atoms with Crippen molar-refractivity contribution < 1.29 is 19.1 Å². The van der Waals surface area contributed by atoms with Crippen molar-refractivity contribution in [2.45, 2.75) is 45.1 Å². The number of esters is 1. The van der Waals surface area contributed by atoms with Crippen LogP contribution in [-0.2, 0) is 14.3 Å². The van der Waals surface area contributed by atoms with Gasteiger partial charge >= 0.3 is 5.97 Å². The third-order valence-electron chi connectivity index (χ3n) is 6.07. The Kier molecular flexibility index (Phi) is 5.93. The topological polar surface area (TPSA) is 87.7 Å². The Morgan fingerprint density at radius 2 is 2.06 bits per heavy atom. The van der Waals surface area contributed by atoms with E-state index in [0.29, 0.717) is 17.2 Å². The number of hydrogen-bond acceptors (Lipinski definition) is 5. The Balaban J connectivity index is 1.39. The van der Waals surface area contributed by atoms with Gasteiger partial charge < -0.3 is 20.3 Å². The molecule has 7 heteroatoms. The highest BCUT2D eigenvalue weighted by molar-refractivity contribution is 6.05. The first-order valence-corrected chi connectivity index (χ1v) is 10.8. The summed E-state index contributed by atoms with van der Waals surface area (Å²) in [6, 6.07) is 12.6. The predicted molar refractivity (Wildman–Crippen MR) is 119 cm³/mol. The number of rotatable bonds is 6. The molecule has 0 spiro atoms. The predicted octanol–water partition coefficient (Wildman–Crippen LogP) is 3.92. The second-order valence-electron chi connectivity index (χ2n) is 8.09. The molecule has 2 heterocycles. The first-order chi connectivity index (χ1) is 15.0. The summed E-state index contributed by atoms with van der Waals surface area (Å²) in [5, 5.41) is 5.71. The molecule has 2 aromatic carbocycles. The zero-order valence-electron chi connectivity index (χ0n) is 17.8. The van der Waals surface area contributed by atoms with E-state index in [1.807, 2.05) is 30.3 Å². The van der Waals surface area contributed by atoms with Crippen molar-refractivity contribution in [3.05, 3.63) is 53.6 Å². The van der Waals surface area contributed by atoms with Crippen LogP contribution < -0.4 is 15.5 Å². The lowest BCUT2D eigenvalue weighted by Crippen LogP contribution is -2.43. The lowest BCUT2D eigenvalue weighted by atomic mass is 9.97. The number of fused-ring (bicyclic) bond motifs is 3. The molecule has 0 unspecified atom stereocenters. The molecular weight excluding hydrogens is 394 g/mol. The molecule has 0 aromatic heterocycles. The fourth-order valence-corrected chi connectivity index (χ4v) is 4.22. The van der Waals surface area contributed by atoms with E-state index < -0.39 is 11.9 Å². The van der Waals surface area contributed by atoms with E-state index in [-0.39, 0.29) is 18.6 Å². The fraction of sp³-hybridized carbons (Fsp3) is 0.375. The highest BCUT2D eigenvalue weighted by Gasteiger charge is 2.36. The van der Waals surface area contributed by atoms with Gasteiger partial charge in [0.15, 0.2) is 6.61 Å². The summed E-state index contributed by atoms with van der Waals surface area (Å²) in [6.07, 6.45) is 2.76. The molecule has 2 amide bonds. The highest BCUT2D eigenvalue weighted by Crippen LogP contribution is 2.37. The molecule has 0 bridgehead atoms. The molecule has 2 aliphatic rings. The number of benzene rings is 2. The quantitative estimate of drug-likeness (QED) is 0.691. The summed E-state index contributed by atoms with van der Waals surface area (Å²) in [5.41, 5.74) is 3.59. The summed E-state index contributed by atoms with van der Waals surface area (Å²) in [7, 11) is 0. The van der Waals surface area contributed by atoms with E-state index in [0.717, 1.165) is 42.7 Å². The monoisotopic (exact) mass is 421 g/mol. The average molecular weight is 421 g/mol. The van der Waals surface area contributed by atoms with Crippen molar-refractivity contribution in [3.63, 3.8) is 0 Å². The number of nitrogens with zero attached hydrogens (tertiary/aromatic N) is 1. The molecule has 31 heavy (non-hydrogen) atoms. The Bertz CT molecular complexity index is 1020. The van der Waals surface area contributed by atoms with Crippen LogP contribution in [0, 0.1) is 0 Å². The van der Waals surface area contributed by atoms with Gasteiger partial charge in [0, 0.05) is 12.2 Å². The van der Waals surface area contributed by atoms with Gasteiger partial charge in [-0.2, -0.15) is 0 Å². The van der Waals surface area contributed by atoms with E-state index in [9.17, 15) is 14.4 Å². The van der Waals surface area contributed by atoms with Crippen LogP contribution in [0.25, 0.3) is 0 Å². The Labute approximate surface area is 181 Å². The molecule has 1 saturated heterocycles. The average Bonchev–Trinajstić information content (AvgIpc) is 3.28. The third kappa shape index (κ3) is 4.26. The maximum atomic E-state index is 12.5. The van der Waals surface area contributed by atoms with Gasteiger partial charge in [-0.25, -0.2) is 4.79 Å². The number of carbonyl (C=O) groups excluding carboxylic acids is 3. The summed E-state index contributed by atoms with van der Waals surface area (Å²) in [4.78, 5) is 39.2. The van der Waals surface area contributed by atoms with Crippen molar-refractivity contribution in [2.75, 3.05) is 28.7 Å². The van der Waals surface area contributed by atoms with Crippen molar-refractivity contribution in [3.8, 4) is 0 Å². The molecule has 0 aliphatic carbocycles. The zero-order chi connectivity index (χ0) is 22.0. The smallest absolute Gasteiger partial charge is 0.338 e. The molecule has 4 rings (SSSR count). The number of amides is 2. The minimum absolute atomic E-state index is 0.0464. The van der Waals surface area contributed by atoms with Crippen molar-refractivity contribution in [1.29, 1.82) is 0 Å². The SMILES string of the molecule is CC[C@H](C)c1ccccc1NC(=O)COC(=O)c1ccc2c(c1)NC(=O)[C@@H]1CCCN21. The van der Waals surface area contributed by atoms with Crippen LogP contribution in [0.1, 0.15) is 54.9 Å². The van der Waals surface area contributed by atoms with Crippen LogP contribution >= 0.6 is 0 Å². The molecule has 0 saturated carbocycles. The van der Waals surface area contributed by atoms with E-state index in [4.69, 9.17) is 4.74 Å². The zero-order valence-corrected chi connectivity index (χ0v) is 17.8. The Morgan fingerprint density at radius 3 is 2.87 bits per heavy atom. The number of para-hydroxylation sites is 1. The van der Waals surface area contributed by atoms with Crippen molar-refractivity contribution >= 4 is 34.8 Å². The van der Waals surface area contributed by atoms with Crippen molar-refractivity contribution in [1.82, 2.24) is 0 Å². The second-order valence-corrected chi connectivity index (χ2v) is 8.09. The van der Waals surface area contributed by atoms with Gasteiger partial charge in [-0.15, -0.1) is 0 Å². The van der Waals surface area contributed by atoms with Crippen LogP contribution in [0.5, 0.6) is 0 Å². The van der Waals surface area contributed by atoms with Crippen LogP contribution in [0.4, 0.5) is 17.1 Å². The maximum absolute atomic E-state index is 12.5. The summed E-state index contributed by atoms with van der Waals surface area (Å²) in [6.45, 7) is 4.64. The molecule has 2 aliphatic heterocycles. The summed E-state index contributed by atoms with van der Waals surface area (Å²) >= 11 is 0. The van der Waals surface area contributed by atoms with Gasteiger partial charge in [0.1, 0.15) is 6.04 Å². The molecule has 1 fully saturated rings. The standard InChI is InChI=1S/C24H27N3O4/c1-3-15(2)17-7-4-5-8-18(17)25-22(28)14-31-24(30)16-10-11-20-19(13-16)26-23(29)21-9-6-12-27(20)21/h4-5,7-8,10-11,13,15,21H,3,6,9,12,14H2,1-2H3,(H,25,28)(H,26,29)/t15-,21-/m0/s1. The number of hydrogen-bond donors (Lipinski definition) is 2. The summed E-state index contributed by atoms with van der Waals surface area (Å²) < 4.78 is 5.22. The van der Waals surface area contributed by atoms with Gasteiger partial charge in [0.05, 0.1) is 16.9 Å². The van der Waals surface area contributed by atoms with E-state index in [1.165, 1.54) is 0 Å². The van der Waals surface area contributed by atoms with Gasteiger partial charge in [-0.3, -0.25) is 9.59 Å². The Morgan fingerprint density at radius 1 is 1.26 bits per heavy atom. The van der Waals surface area contributed by atoms with Crippen molar-refractivity contribution in [2.24, 2.45) is 0 Å². The Hall–Kier alpha value is -3.35. The molecule has 7 nitrogen and oxygen atoms in total.